The largest absolute Gasteiger partial charge is 0.497 e. The van der Waals surface area contributed by atoms with Crippen LogP contribution in [0.5, 0.6) is 11.5 Å². The molecule has 2 aromatic rings. The van der Waals surface area contributed by atoms with E-state index in [1.54, 1.807) is 7.11 Å². The van der Waals surface area contributed by atoms with Crippen molar-refractivity contribution in [2.75, 3.05) is 20.7 Å². The average Bonchev–Trinajstić information content (AvgIpc) is 3.11. The molecule has 2 aliphatic heterocycles. The van der Waals surface area contributed by atoms with Gasteiger partial charge in [-0.15, -0.1) is 0 Å². The molecule has 0 aromatic heterocycles. The first-order valence-electron chi connectivity index (χ1n) is 10.4. The summed E-state index contributed by atoms with van der Waals surface area (Å²) in [6.45, 7) is 1.60. The van der Waals surface area contributed by atoms with Gasteiger partial charge in [0, 0.05) is 11.6 Å². The minimum Gasteiger partial charge on any atom is -0.497 e. The fourth-order valence-electron chi connectivity index (χ4n) is 5.79. The van der Waals surface area contributed by atoms with E-state index in [-0.39, 0.29) is 11.5 Å². The second kappa shape index (κ2) is 6.14. The van der Waals surface area contributed by atoms with Crippen molar-refractivity contribution in [3.05, 3.63) is 82.6 Å². The lowest BCUT2D eigenvalue weighted by atomic mass is 9.57. The number of likely N-dealkylation sites (tertiary alicyclic amines) is 1. The number of allylic oxidation sites excluding steroid dienone is 2. The van der Waals surface area contributed by atoms with Crippen LogP contribution in [0.2, 0.25) is 0 Å². The molecule has 1 saturated heterocycles. The molecule has 2 aromatic carbocycles. The molecule has 0 radical (unpaired) electrons. The van der Waals surface area contributed by atoms with Crippen LogP contribution < -0.4 is 9.47 Å². The number of ether oxygens (including phenoxy) is 3. The molecule has 0 unspecified atom stereocenters. The van der Waals surface area contributed by atoms with Crippen molar-refractivity contribution in [3.63, 3.8) is 0 Å². The molecule has 2 heterocycles. The lowest BCUT2D eigenvalue weighted by Gasteiger charge is -2.52. The van der Waals surface area contributed by atoms with Crippen LogP contribution in [-0.2, 0) is 23.2 Å². The second-order valence-electron chi connectivity index (χ2n) is 8.52. The monoisotopic (exact) mass is 387 g/mol. The van der Waals surface area contributed by atoms with Gasteiger partial charge in [0.05, 0.1) is 12.5 Å². The van der Waals surface area contributed by atoms with Crippen molar-refractivity contribution in [3.8, 4) is 11.5 Å². The van der Waals surface area contributed by atoms with Crippen LogP contribution in [0.3, 0.4) is 0 Å². The SMILES string of the molecule is COC1=CC=C2[C@H]3Cc4ccc(OCc5ccccc5)c5c4[C@@]2(CCN3C)[C@H]1O5. The van der Waals surface area contributed by atoms with Gasteiger partial charge in [0.15, 0.2) is 17.6 Å². The summed E-state index contributed by atoms with van der Waals surface area (Å²) in [6, 6.07) is 15.1. The third-order valence-electron chi connectivity index (χ3n) is 7.17. The second-order valence-corrected chi connectivity index (χ2v) is 8.52. The summed E-state index contributed by atoms with van der Waals surface area (Å²) < 4.78 is 18.7. The van der Waals surface area contributed by atoms with Gasteiger partial charge in [-0.25, -0.2) is 0 Å². The number of hydrogen-bond donors (Lipinski definition) is 0. The highest BCUT2D eigenvalue weighted by Gasteiger charge is 2.62. The maximum atomic E-state index is 6.66. The van der Waals surface area contributed by atoms with Crippen LogP contribution in [0.4, 0.5) is 0 Å². The predicted octanol–water partition coefficient (Wildman–Crippen LogP) is 3.99. The zero-order valence-corrected chi connectivity index (χ0v) is 16.9. The smallest absolute Gasteiger partial charge is 0.169 e. The fraction of sp³-hybridized carbons (Fsp3) is 0.360. The van der Waals surface area contributed by atoms with Gasteiger partial charge in [-0.1, -0.05) is 42.5 Å². The number of likely N-dealkylation sites (N-methyl/N-ethyl adjacent to an activating group) is 1. The molecule has 4 nitrogen and oxygen atoms in total. The summed E-state index contributed by atoms with van der Waals surface area (Å²) >= 11 is 0. The van der Waals surface area contributed by atoms with Gasteiger partial charge >= 0.3 is 0 Å². The van der Waals surface area contributed by atoms with Crippen molar-refractivity contribution < 1.29 is 14.2 Å². The number of methoxy groups -OCH3 is 1. The Morgan fingerprint density at radius 3 is 2.83 bits per heavy atom. The summed E-state index contributed by atoms with van der Waals surface area (Å²) in [6.07, 6.45) is 6.36. The standard InChI is InChI=1S/C25H25NO3/c1-26-13-12-25-18-9-11-21(27-2)24(25)29-23-20(28-15-16-6-4-3-5-7-16)10-8-17(22(23)25)14-19(18)26/h3-11,19,24H,12-15H2,1-2H3/t19-,24+,25+/m1/s1. The molecule has 4 aliphatic rings. The number of benzene rings is 2. The number of nitrogens with zero attached hydrogens (tertiary/aromatic N) is 1. The zero-order chi connectivity index (χ0) is 19.6. The predicted molar refractivity (Wildman–Crippen MR) is 111 cm³/mol. The van der Waals surface area contributed by atoms with Gasteiger partial charge in [-0.2, -0.15) is 0 Å². The first kappa shape index (κ1) is 17.2. The van der Waals surface area contributed by atoms with Crippen molar-refractivity contribution in [1.82, 2.24) is 4.90 Å². The Hall–Kier alpha value is -2.72. The van der Waals surface area contributed by atoms with Gasteiger partial charge in [0.25, 0.3) is 0 Å². The summed E-state index contributed by atoms with van der Waals surface area (Å²) in [5.41, 5.74) is 5.24. The molecule has 4 heteroatoms. The fourth-order valence-corrected chi connectivity index (χ4v) is 5.79. The molecular weight excluding hydrogens is 362 g/mol. The Morgan fingerprint density at radius 2 is 2.00 bits per heavy atom. The summed E-state index contributed by atoms with van der Waals surface area (Å²) in [5.74, 6) is 2.67. The third-order valence-corrected chi connectivity index (χ3v) is 7.17. The van der Waals surface area contributed by atoms with Crippen LogP contribution in [0.25, 0.3) is 0 Å². The van der Waals surface area contributed by atoms with Gasteiger partial charge in [0.2, 0.25) is 0 Å². The molecule has 6 rings (SSSR count). The van der Waals surface area contributed by atoms with Gasteiger partial charge in [-0.3, -0.25) is 4.90 Å². The zero-order valence-electron chi connectivity index (χ0n) is 16.9. The summed E-state index contributed by atoms with van der Waals surface area (Å²) in [5, 5.41) is 0. The maximum absolute atomic E-state index is 6.66. The highest BCUT2D eigenvalue weighted by molar-refractivity contribution is 5.67. The molecule has 1 fully saturated rings. The van der Waals surface area contributed by atoms with E-state index >= 15 is 0 Å². The van der Waals surface area contributed by atoms with E-state index in [2.05, 4.69) is 48.4 Å². The van der Waals surface area contributed by atoms with E-state index < -0.39 is 0 Å². The van der Waals surface area contributed by atoms with Crippen LogP contribution in [-0.4, -0.2) is 37.7 Å². The van der Waals surface area contributed by atoms with Crippen molar-refractivity contribution >= 4 is 0 Å². The van der Waals surface area contributed by atoms with E-state index in [1.165, 1.54) is 16.7 Å². The molecule has 0 amide bonds. The van der Waals surface area contributed by atoms with Gasteiger partial charge < -0.3 is 14.2 Å². The van der Waals surface area contributed by atoms with Crippen LogP contribution in [0.1, 0.15) is 23.1 Å². The van der Waals surface area contributed by atoms with Crippen LogP contribution >= 0.6 is 0 Å². The van der Waals surface area contributed by atoms with Crippen molar-refractivity contribution in [2.45, 2.75) is 37.0 Å². The Kier molecular flexibility index (Phi) is 3.63. The van der Waals surface area contributed by atoms with Crippen LogP contribution in [0.15, 0.2) is 65.9 Å². The molecule has 3 atom stereocenters. The summed E-state index contributed by atoms with van der Waals surface area (Å²) in [4.78, 5) is 2.49. The average molecular weight is 387 g/mol. The highest BCUT2D eigenvalue weighted by atomic mass is 16.6. The molecule has 29 heavy (non-hydrogen) atoms. The van der Waals surface area contributed by atoms with E-state index in [1.807, 2.05) is 18.2 Å². The molecule has 148 valence electrons. The molecule has 1 spiro atoms. The quantitative estimate of drug-likeness (QED) is 0.794. The topological polar surface area (TPSA) is 30.9 Å². The number of hydrogen-bond acceptors (Lipinski definition) is 4. The minimum atomic E-state index is -0.119. The minimum absolute atomic E-state index is 0.0979. The molecular formula is C25H25NO3. The first-order valence-corrected chi connectivity index (χ1v) is 10.4. The van der Waals surface area contributed by atoms with E-state index in [0.717, 1.165) is 42.2 Å². The maximum Gasteiger partial charge on any atom is 0.169 e. The molecule has 0 saturated carbocycles. The Bertz CT molecular complexity index is 1040. The van der Waals surface area contributed by atoms with Crippen molar-refractivity contribution in [1.29, 1.82) is 0 Å². The third kappa shape index (κ3) is 2.24. The van der Waals surface area contributed by atoms with E-state index in [0.29, 0.717) is 12.6 Å². The Labute approximate surface area is 171 Å². The number of rotatable bonds is 4. The molecule has 2 bridgehead atoms. The molecule has 0 N–H and O–H groups in total. The molecule has 2 aliphatic carbocycles. The number of piperidine rings is 1. The highest BCUT2D eigenvalue weighted by Crippen LogP contribution is 2.62. The first-order chi connectivity index (χ1) is 14.2. The lowest BCUT2D eigenvalue weighted by molar-refractivity contribution is 0.0731. The van der Waals surface area contributed by atoms with Crippen LogP contribution in [0, 0.1) is 0 Å². The van der Waals surface area contributed by atoms with E-state index in [9.17, 15) is 0 Å². The Morgan fingerprint density at radius 1 is 1.14 bits per heavy atom. The van der Waals surface area contributed by atoms with Crippen molar-refractivity contribution in [2.24, 2.45) is 0 Å². The Balaban J connectivity index is 1.47. The van der Waals surface area contributed by atoms with Gasteiger partial charge in [0.1, 0.15) is 12.4 Å². The lowest BCUT2D eigenvalue weighted by Crippen LogP contribution is -2.58. The summed E-state index contributed by atoms with van der Waals surface area (Å²) in [7, 11) is 3.98. The van der Waals surface area contributed by atoms with E-state index in [4.69, 9.17) is 14.2 Å². The van der Waals surface area contributed by atoms with Gasteiger partial charge in [-0.05, 0) is 55.3 Å². The normalized spacial score (nSPS) is 28.8.